The quantitative estimate of drug-likeness (QED) is 0.418. The molecule has 1 aliphatic carbocycles. The van der Waals surface area contributed by atoms with Crippen molar-refractivity contribution < 1.29 is 0 Å². The van der Waals surface area contributed by atoms with Crippen molar-refractivity contribution in [3.63, 3.8) is 0 Å². The maximum absolute atomic E-state index is 6.27. The largest absolute Gasteiger partial charge is 0.0843 e. The van der Waals surface area contributed by atoms with E-state index in [-0.39, 0.29) is 10.8 Å². The summed E-state index contributed by atoms with van der Waals surface area (Å²) in [5.74, 6) is 0. The van der Waals surface area contributed by atoms with Crippen LogP contribution in [0.2, 0.25) is 5.02 Å². The zero-order valence-corrected chi connectivity index (χ0v) is 16.9. The minimum absolute atomic E-state index is 0.00973. The van der Waals surface area contributed by atoms with E-state index in [9.17, 15) is 0 Å². The summed E-state index contributed by atoms with van der Waals surface area (Å²) < 4.78 is 0. The van der Waals surface area contributed by atoms with Crippen LogP contribution in [0.1, 0.15) is 51.3 Å². The second-order valence-corrected chi connectivity index (χ2v) is 9.34. The molecule has 26 heavy (non-hydrogen) atoms. The van der Waals surface area contributed by atoms with Gasteiger partial charge in [0.1, 0.15) is 0 Å². The fourth-order valence-corrected chi connectivity index (χ4v) is 4.24. The summed E-state index contributed by atoms with van der Waals surface area (Å²) in [7, 11) is 0. The van der Waals surface area contributed by atoms with Crippen LogP contribution in [0.3, 0.4) is 0 Å². The smallest absolute Gasteiger partial charge is 0.0409 e. The van der Waals surface area contributed by atoms with Crippen molar-refractivity contribution in [2.75, 3.05) is 0 Å². The van der Waals surface area contributed by atoms with Gasteiger partial charge >= 0.3 is 0 Å². The summed E-state index contributed by atoms with van der Waals surface area (Å²) >= 11 is 6.27. The van der Waals surface area contributed by atoms with Crippen molar-refractivity contribution in [1.82, 2.24) is 0 Å². The third kappa shape index (κ3) is 2.68. The maximum Gasteiger partial charge on any atom is 0.0409 e. The number of rotatable bonds is 1. The Morgan fingerprint density at radius 3 is 2.00 bits per heavy atom. The fourth-order valence-electron chi connectivity index (χ4n) is 4.07. The van der Waals surface area contributed by atoms with Gasteiger partial charge in [0, 0.05) is 10.4 Å². The Balaban J connectivity index is 1.82. The second-order valence-electron chi connectivity index (χ2n) is 8.90. The predicted octanol–water partition coefficient (Wildman–Crippen LogP) is 7.61. The van der Waals surface area contributed by atoms with Gasteiger partial charge in [-0.1, -0.05) is 88.7 Å². The summed E-state index contributed by atoms with van der Waals surface area (Å²) in [6.45, 7) is 11.3. The highest BCUT2D eigenvalue weighted by Gasteiger charge is 2.35. The van der Waals surface area contributed by atoms with Crippen LogP contribution in [0, 0.1) is 0 Å². The monoisotopic (exact) mass is 360 g/mol. The molecule has 0 aliphatic heterocycles. The highest BCUT2D eigenvalue weighted by molar-refractivity contribution is 6.30. The van der Waals surface area contributed by atoms with Gasteiger partial charge in [-0.3, -0.25) is 0 Å². The molecule has 0 bridgehead atoms. The minimum Gasteiger partial charge on any atom is -0.0843 e. The molecule has 0 saturated heterocycles. The Kier molecular flexibility index (Phi) is 3.82. The van der Waals surface area contributed by atoms with Crippen LogP contribution < -0.4 is 0 Å². The third-order valence-electron chi connectivity index (χ3n) is 5.72. The van der Waals surface area contributed by atoms with E-state index in [2.05, 4.69) is 89.2 Å². The van der Waals surface area contributed by atoms with Crippen molar-refractivity contribution in [1.29, 1.82) is 0 Å². The van der Waals surface area contributed by atoms with Crippen LogP contribution in [-0.2, 0) is 10.8 Å². The molecule has 1 heteroatoms. The molecular weight excluding hydrogens is 336 g/mol. The molecule has 0 nitrogen and oxygen atoms in total. The molecule has 3 aromatic rings. The molecule has 0 heterocycles. The van der Waals surface area contributed by atoms with E-state index in [0.29, 0.717) is 0 Å². The van der Waals surface area contributed by atoms with E-state index >= 15 is 0 Å². The number of hydrogen-bond acceptors (Lipinski definition) is 0. The van der Waals surface area contributed by atoms with Gasteiger partial charge in [-0.05, 0) is 62.6 Å². The summed E-state index contributed by atoms with van der Waals surface area (Å²) in [5.41, 5.74) is 9.40. The standard InChI is InChI=1S/C25H25Cl/c1-24(2,3)18-9-6-16(7-10-18)17-8-13-22-21(14-17)20-12-11-19(26)15-23(20)25(22,4)5/h6-15H,1-5H3. The van der Waals surface area contributed by atoms with Gasteiger partial charge in [0.05, 0.1) is 0 Å². The van der Waals surface area contributed by atoms with E-state index in [4.69, 9.17) is 11.6 Å². The lowest BCUT2D eigenvalue weighted by molar-refractivity contribution is 0.590. The number of halogens is 1. The average molecular weight is 361 g/mol. The Labute approximate surface area is 161 Å². The molecule has 0 radical (unpaired) electrons. The van der Waals surface area contributed by atoms with E-state index in [1.54, 1.807) is 0 Å². The van der Waals surface area contributed by atoms with Gasteiger partial charge in [0.25, 0.3) is 0 Å². The van der Waals surface area contributed by atoms with Crippen molar-refractivity contribution in [3.8, 4) is 22.3 Å². The van der Waals surface area contributed by atoms with E-state index in [1.807, 2.05) is 6.07 Å². The Morgan fingerprint density at radius 1 is 0.692 bits per heavy atom. The molecule has 0 amide bonds. The highest BCUT2D eigenvalue weighted by Crippen LogP contribution is 2.50. The normalized spacial score (nSPS) is 14.8. The van der Waals surface area contributed by atoms with E-state index in [0.717, 1.165) is 5.02 Å². The SMILES string of the molecule is CC(C)(C)c1ccc(-c2ccc3c(c2)-c2ccc(Cl)cc2C3(C)C)cc1. The molecule has 3 aromatic carbocycles. The zero-order valence-electron chi connectivity index (χ0n) is 16.2. The van der Waals surface area contributed by atoms with Crippen molar-refractivity contribution in [2.45, 2.75) is 45.4 Å². The molecule has 132 valence electrons. The lowest BCUT2D eigenvalue weighted by atomic mass is 9.82. The van der Waals surface area contributed by atoms with Crippen molar-refractivity contribution >= 4 is 11.6 Å². The van der Waals surface area contributed by atoms with Crippen molar-refractivity contribution in [2.24, 2.45) is 0 Å². The van der Waals surface area contributed by atoms with Crippen LogP contribution in [0.5, 0.6) is 0 Å². The van der Waals surface area contributed by atoms with Crippen LogP contribution in [0.4, 0.5) is 0 Å². The van der Waals surface area contributed by atoms with Gasteiger partial charge in [0.15, 0.2) is 0 Å². The van der Waals surface area contributed by atoms with Gasteiger partial charge in [-0.15, -0.1) is 0 Å². The van der Waals surface area contributed by atoms with Crippen LogP contribution in [0.25, 0.3) is 22.3 Å². The molecular formula is C25H25Cl. The maximum atomic E-state index is 6.27. The summed E-state index contributed by atoms with van der Waals surface area (Å²) in [5, 5.41) is 0.808. The first-order valence-electron chi connectivity index (χ1n) is 9.24. The predicted molar refractivity (Wildman–Crippen MR) is 113 cm³/mol. The zero-order chi connectivity index (χ0) is 18.7. The summed E-state index contributed by atoms with van der Waals surface area (Å²) in [6, 6.07) is 22.1. The summed E-state index contributed by atoms with van der Waals surface area (Å²) in [6.07, 6.45) is 0. The molecule has 0 fully saturated rings. The van der Waals surface area contributed by atoms with Crippen LogP contribution in [-0.4, -0.2) is 0 Å². The van der Waals surface area contributed by atoms with Gasteiger partial charge < -0.3 is 0 Å². The van der Waals surface area contributed by atoms with E-state index in [1.165, 1.54) is 38.9 Å². The topological polar surface area (TPSA) is 0 Å². The van der Waals surface area contributed by atoms with Crippen molar-refractivity contribution in [3.05, 3.63) is 82.4 Å². The van der Waals surface area contributed by atoms with Gasteiger partial charge in [0.2, 0.25) is 0 Å². The van der Waals surface area contributed by atoms with Crippen LogP contribution >= 0.6 is 11.6 Å². The Hall–Kier alpha value is -2.05. The number of hydrogen-bond donors (Lipinski definition) is 0. The van der Waals surface area contributed by atoms with Crippen LogP contribution in [0.15, 0.2) is 60.7 Å². The Morgan fingerprint density at radius 2 is 1.35 bits per heavy atom. The Bertz CT molecular complexity index is 986. The molecule has 0 atom stereocenters. The molecule has 0 spiro atoms. The number of benzene rings is 3. The first-order valence-corrected chi connectivity index (χ1v) is 9.61. The third-order valence-corrected chi connectivity index (χ3v) is 5.96. The average Bonchev–Trinajstić information content (AvgIpc) is 2.81. The molecule has 0 aromatic heterocycles. The molecule has 0 N–H and O–H groups in total. The van der Waals surface area contributed by atoms with E-state index < -0.39 is 0 Å². The second kappa shape index (κ2) is 5.72. The first-order chi connectivity index (χ1) is 12.2. The molecule has 4 rings (SSSR count). The minimum atomic E-state index is -0.00973. The molecule has 1 aliphatic rings. The number of fused-ring (bicyclic) bond motifs is 3. The molecule has 0 saturated carbocycles. The summed E-state index contributed by atoms with van der Waals surface area (Å²) in [4.78, 5) is 0. The van der Waals surface area contributed by atoms with Gasteiger partial charge in [-0.2, -0.15) is 0 Å². The first kappa shape index (κ1) is 17.4. The lowest BCUT2D eigenvalue weighted by Gasteiger charge is -2.22. The molecule has 0 unspecified atom stereocenters. The lowest BCUT2D eigenvalue weighted by Crippen LogP contribution is -2.14. The van der Waals surface area contributed by atoms with Gasteiger partial charge in [-0.25, -0.2) is 0 Å². The fraction of sp³-hybridized carbons (Fsp3) is 0.280. The highest BCUT2D eigenvalue weighted by atomic mass is 35.5.